The molecule has 0 radical (unpaired) electrons. The zero-order valence-electron chi connectivity index (χ0n) is 22.0. The first-order chi connectivity index (χ1) is 18.4. The number of ether oxygens (including phenoxy) is 1. The predicted octanol–water partition coefficient (Wildman–Crippen LogP) is 5.27. The number of nitrogens with zero attached hydrogens (tertiary/aromatic N) is 6. The maximum atomic E-state index is 10.8. The first kappa shape index (κ1) is 24.5. The first-order valence-electron chi connectivity index (χ1n) is 13.0. The molecule has 8 nitrogen and oxygen atoms in total. The molecule has 0 saturated carbocycles. The molecular weight excluding hydrogens is 476 g/mol. The van der Waals surface area contributed by atoms with Gasteiger partial charge >= 0.3 is 0 Å². The van der Waals surface area contributed by atoms with Crippen molar-refractivity contribution in [1.29, 1.82) is 0 Å². The Kier molecular flexibility index (Phi) is 6.08. The Morgan fingerprint density at radius 1 is 1.08 bits per heavy atom. The van der Waals surface area contributed by atoms with Crippen LogP contribution in [0.1, 0.15) is 49.7 Å². The minimum Gasteiger partial charge on any atom is -0.384 e. The molecule has 4 aromatic heterocycles. The average molecular weight is 509 g/mol. The van der Waals surface area contributed by atoms with E-state index in [1.807, 2.05) is 25.5 Å². The van der Waals surface area contributed by atoms with Gasteiger partial charge < -0.3 is 14.4 Å². The molecule has 0 aliphatic carbocycles. The highest BCUT2D eigenvalue weighted by Crippen LogP contribution is 2.41. The van der Waals surface area contributed by atoms with Crippen LogP contribution in [0, 0.1) is 5.92 Å². The fourth-order valence-corrected chi connectivity index (χ4v) is 5.72. The maximum Gasteiger partial charge on any atom is 0.113 e. The van der Waals surface area contributed by atoms with Crippen molar-refractivity contribution in [3.8, 4) is 11.3 Å². The van der Waals surface area contributed by atoms with Crippen molar-refractivity contribution in [2.24, 2.45) is 13.0 Å². The van der Waals surface area contributed by atoms with Crippen LogP contribution in [-0.4, -0.2) is 47.8 Å². The Hall–Kier alpha value is -3.88. The van der Waals surface area contributed by atoms with Crippen LogP contribution in [0.15, 0.2) is 61.4 Å². The molecule has 1 aliphatic heterocycles. The number of aliphatic hydroxyl groups is 1. The normalized spacial score (nSPS) is 15.8. The molecule has 0 amide bonds. The van der Waals surface area contributed by atoms with Crippen molar-refractivity contribution in [2.75, 3.05) is 13.2 Å². The average Bonchev–Trinajstić information content (AvgIpc) is 3.46. The molecule has 1 aromatic carbocycles. The minimum atomic E-state index is -1.08. The Morgan fingerprint density at radius 3 is 2.55 bits per heavy atom. The molecule has 5 heterocycles. The molecular formula is C30H32N6O2. The van der Waals surface area contributed by atoms with Crippen molar-refractivity contribution in [3.63, 3.8) is 0 Å². The number of aryl methyl sites for hydroxylation is 1. The molecule has 38 heavy (non-hydrogen) atoms. The summed E-state index contributed by atoms with van der Waals surface area (Å²) < 4.78 is 9.92. The zero-order chi connectivity index (χ0) is 26.4. The lowest BCUT2D eigenvalue weighted by Gasteiger charge is -2.33. The zero-order valence-corrected chi connectivity index (χ0v) is 22.0. The van der Waals surface area contributed by atoms with Crippen molar-refractivity contribution in [3.05, 3.63) is 78.4 Å². The monoisotopic (exact) mass is 508 g/mol. The fourth-order valence-electron chi connectivity index (χ4n) is 5.72. The van der Waals surface area contributed by atoms with Gasteiger partial charge in [0.1, 0.15) is 11.3 Å². The van der Waals surface area contributed by atoms with Crippen LogP contribution in [0.2, 0.25) is 0 Å². The van der Waals surface area contributed by atoms with Gasteiger partial charge in [0.2, 0.25) is 0 Å². The van der Waals surface area contributed by atoms with Gasteiger partial charge in [-0.05, 0) is 56.4 Å². The number of hydrogen-bond donors (Lipinski definition) is 1. The summed E-state index contributed by atoms with van der Waals surface area (Å²) in [6.07, 6.45) is 7.36. The second-order valence-electron chi connectivity index (χ2n) is 10.6. The SMILES string of the molecule is C=Cc1nnn(C)c1-c1cnc2c3cnc(C(C)(C)O)cc3n([C@H](c3ccccc3)C3CCOCC3)c2c1. The molecule has 0 spiro atoms. The molecule has 0 unspecified atom stereocenters. The number of fused-ring (bicyclic) bond motifs is 3. The number of rotatable bonds is 6. The summed E-state index contributed by atoms with van der Waals surface area (Å²) in [7, 11) is 1.88. The summed E-state index contributed by atoms with van der Waals surface area (Å²) in [5, 5.41) is 20.3. The third-order valence-corrected chi connectivity index (χ3v) is 7.60. The van der Waals surface area contributed by atoms with E-state index in [2.05, 4.69) is 62.8 Å². The Morgan fingerprint density at radius 2 is 1.84 bits per heavy atom. The van der Waals surface area contributed by atoms with E-state index < -0.39 is 5.60 Å². The highest BCUT2D eigenvalue weighted by Gasteiger charge is 2.31. The van der Waals surface area contributed by atoms with E-state index >= 15 is 0 Å². The molecule has 1 saturated heterocycles. The Balaban J connectivity index is 1.69. The largest absolute Gasteiger partial charge is 0.384 e. The lowest BCUT2D eigenvalue weighted by atomic mass is 9.86. The quantitative estimate of drug-likeness (QED) is 0.336. The number of pyridine rings is 2. The van der Waals surface area contributed by atoms with Crippen molar-refractivity contribution in [1.82, 2.24) is 29.5 Å². The summed E-state index contributed by atoms with van der Waals surface area (Å²) >= 11 is 0. The summed E-state index contributed by atoms with van der Waals surface area (Å²) in [6, 6.07) is 14.9. The van der Waals surface area contributed by atoms with Crippen LogP contribution in [0.5, 0.6) is 0 Å². The second kappa shape index (κ2) is 9.45. The second-order valence-corrected chi connectivity index (χ2v) is 10.6. The van der Waals surface area contributed by atoms with E-state index in [9.17, 15) is 5.11 Å². The molecule has 1 aliphatic rings. The molecule has 8 heteroatoms. The lowest BCUT2D eigenvalue weighted by Crippen LogP contribution is -2.27. The van der Waals surface area contributed by atoms with Gasteiger partial charge in [-0.1, -0.05) is 42.1 Å². The number of hydrogen-bond acceptors (Lipinski definition) is 6. The van der Waals surface area contributed by atoms with Gasteiger partial charge in [-0.15, -0.1) is 5.10 Å². The van der Waals surface area contributed by atoms with Crippen molar-refractivity contribution >= 4 is 28.0 Å². The number of aromatic nitrogens is 6. The van der Waals surface area contributed by atoms with E-state index in [0.717, 1.165) is 59.2 Å². The van der Waals surface area contributed by atoms with E-state index in [1.165, 1.54) is 5.56 Å². The Bertz CT molecular complexity index is 1620. The van der Waals surface area contributed by atoms with Gasteiger partial charge in [-0.2, -0.15) is 0 Å². The summed E-state index contributed by atoms with van der Waals surface area (Å²) in [5.41, 5.74) is 6.16. The van der Waals surface area contributed by atoms with Crippen molar-refractivity contribution in [2.45, 2.75) is 38.3 Å². The van der Waals surface area contributed by atoms with Crippen LogP contribution in [0.4, 0.5) is 0 Å². The molecule has 1 N–H and O–H groups in total. The van der Waals surface area contributed by atoms with Gasteiger partial charge in [0.05, 0.1) is 34.0 Å². The van der Waals surface area contributed by atoms with Crippen LogP contribution in [0.3, 0.4) is 0 Å². The topological polar surface area (TPSA) is 90.9 Å². The third kappa shape index (κ3) is 4.10. The summed E-state index contributed by atoms with van der Waals surface area (Å²) in [5.74, 6) is 0.370. The minimum absolute atomic E-state index is 0.0535. The highest BCUT2D eigenvalue weighted by molar-refractivity contribution is 6.06. The van der Waals surface area contributed by atoms with Gasteiger partial charge in [0, 0.05) is 43.6 Å². The van der Waals surface area contributed by atoms with Crippen LogP contribution < -0.4 is 0 Å². The smallest absolute Gasteiger partial charge is 0.113 e. The van der Waals surface area contributed by atoms with E-state index in [4.69, 9.17) is 9.72 Å². The first-order valence-corrected chi connectivity index (χ1v) is 13.0. The molecule has 1 fully saturated rings. The third-order valence-electron chi connectivity index (χ3n) is 7.60. The van der Waals surface area contributed by atoms with E-state index in [-0.39, 0.29) is 6.04 Å². The highest BCUT2D eigenvalue weighted by atomic mass is 16.5. The predicted molar refractivity (Wildman–Crippen MR) is 148 cm³/mol. The van der Waals surface area contributed by atoms with Crippen LogP contribution in [0.25, 0.3) is 39.3 Å². The van der Waals surface area contributed by atoms with E-state index in [0.29, 0.717) is 17.3 Å². The lowest BCUT2D eigenvalue weighted by molar-refractivity contribution is 0.0552. The maximum absolute atomic E-state index is 10.8. The molecule has 5 aromatic rings. The fraction of sp³-hybridized carbons (Fsp3) is 0.333. The van der Waals surface area contributed by atoms with Crippen LogP contribution in [-0.2, 0) is 17.4 Å². The Labute approximate surface area is 221 Å². The van der Waals surface area contributed by atoms with E-state index in [1.54, 1.807) is 24.6 Å². The van der Waals surface area contributed by atoms with Gasteiger partial charge in [0.15, 0.2) is 0 Å². The molecule has 194 valence electrons. The van der Waals surface area contributed by atoms with Crippen molar-refractivity contribution < 1.29 is 9.84 Å². The molecule has 0 bridgehead atoms. The standard InChI is InChI=1S/C30H32N6O2/c1-5-23-29(35(4)34-33-23)21-15-25-27(32-17-21)22-18-31-26(30(2,3)37)16-24(22)36(25)28(19-9-7-6-8-10-19)20-11-13-38-14-12-20/h5-10,15-18,20,28,37H,1,11-14H2,2-4H3/t28-/m1/s1. The molecule has 1 atom stereocenters. The van der Waals surface area contributed by atoms with Gasteiger partial charge in [-0.3, -0.25) is 9.97 Å². The van der Waals surface area contributed by atoms with Crippen LogP contribution >= 0.6 is 0 Å². The summed E-state index contributed by atoms with van der Waals surface area (Å²) in [4.78, 5) is 9.60. The molecule has 6 rings (SSSR count). The number of benzene rings is 1. The van der Waals surface area contributed by atoms with Gasteiger partial charge in [-0.25, -0.2) is 4.68 Å². The summed E-state index contributed by atoms with van der Waals surface area (Å²) in [6.45, 7) is 8.95. The van der Waals surface area contributed by atoms with Gasteiger partial charge in [0.25, 0.3) is 0 Å².